The van der Waals surface area contributed by atoms with Crippen LogP contribution in [0.4, 0.5) is 34.1 Å². The zero-order valence-corrected chi connectivity index (χ0v) is 94.6. The Morgan fingerprint density at radius 1 is 0.414 bits per heavy atom. The summed E-state index contributed by atoms with van der Waals surface area (Å²) in [6.45, 7) is 12.0. The standard InChI is InChI=1S/C27H26.C26H20N4.C19H16N4.C15H15N.3C11H8N.BH2P.Ir.K.H2P.2Ta.V/c1-27(2,3)26-17-15-23(16-18-26)25-14-13-24(19-25)22-11-9-21(10-12-22)20-7-5-4-6-8-20;27-29-28-18-19-10-12-23(13-11-19)30(22-7-2-1-3-8-22)24-14-15-26-21(17-24)16-20-6-4-5-9-25(20)26;20-22-21-15-16-11-13-19(14-12-16)23(17-7-3-1-4-8-17)18-9-5-2-6-10-18;1-11(2)16-14-9-5-3-7-12(14)13-8-4-6-10-15(13)16;3*1-2-6-10(7-3-1)11-8-4-5-9-12-11;1-2;;;;;;/h4-12,14-19H,13H2,1-3H3;1-15,17H,16,18H2;1-14H,15H2;3-11H,1-2H3;3*1-6,8-9H;2H2;;;1H2;;;/q;;;;3*-1;;+3;+1;-1;;;/i;;;;;;;2D;;;;;;. The first-order valence-electron chi connectivity index (χ1n) is 45.2. The third-order valence-electron chi connectivity index (χ3n) is 22.5. The van der Waals surface area contributed by atoms with E-state index in [2.05, 4.69) is 352 Å². The monoisotopic (exact) mass is 2430 g/mol. The molecule has 0 saturated heterocycles. The molecule has 0 saturated carbocycles. The van der Waals surface area contributed by atoms with Crippen LogP contribution in [0.3, 0.4) is 0 Å². The van der Waals surface area contributed by atoms with Gasteiger partial charge in [0.05, 0.1) is 20.7 Å². The van der Waals surface area contributed by atoms with Crippen LogP contribution in [0.5, 0.6) is 0 Å². The quantitative estimate of drug-likeness (QED) is 0.0222. The predicted octanol–water partition coefficient (Wildman–Crippen LogP) is 30.3. The largest absolute Gasteiger partial charge is 3.00 e. The van der Waals surface area contributed by atoms with Crippen LogP contribution in [-0.4, -0.2) is 28.4 Å². The number of hydrogen-bond acceptors (Lipinski definition) is 7. The Morgan fingerprint density at radius 2 is 0.764 bits per heavy atom. The van der Waals surface area contributed by atoms with Crippen molar-refractivity contribution in [2.24, 2.45) is 10.2 Å². The molecule has 0 amide bonds. The number of hydrogen-bond donors (Lipinski definition) is 0. The van der Waals surface area contributed by atoms with Crippen molar-refractivity contribution in [1.29, 1.82) is 1.28 Å². The normalized spacial score (nSPS) is 10.8. The molecule has 140 heavy (non-hydrogen) atoms. The van der Waals surface area contributed by atoms with Crippen molar-refractivity contribution in [3.05, 3.63) is 546 Å². The van der Waals surface area contributed by atoms with E-state index in [1.54, 1.807) is 18.6 Å². The van der Waals surface area contributed by atoms with E-state index in [-0.39, 0.29) is 159 Å². The first-order chi connectivity index (χ1) is 66.3. The van der Waals surface area contributed by atoms with E-state index < -0.39 is 0 Å². The number of fused-ring (bicyclic) bond motifs is 6. The summed E-state index contributed by atoms with van der Waals surface area (Å²) in [5.41, 5.74) is 49.1. The number of allylic oxidation sites excluding steroid dienone is 4. The topological polar surface area (TPSA) is 148 Å². The first-order valence-corrected chi connectivity index (χ1v) is 45.2. The SMILES string of the molecule is CC(C)(C)c1ccc(C2=CCC(c3ccc(-c4ccccc4)cc3)=C2)cc1.CC(C)n1c2ccccc2c2ccccc21.[2H]P[B].[Ir+3].[K+].[N-]=[N+]=NCc1ccc(N(c2ccccc2)c2ccc3c(c2)Cc2ccccc2-3)cc1.[N-]=[N+]=NCc1ccc(N(c2ccccc2)c2ccccc2)cc1.[PH2-].[Ta].[Ta].[V].[c-]1ccccc1-c1ccccn1.[c-]1ccccc1-c1ccccn1.[c-]1ccccc1-c1ccccn1. The molecule has 1 atom stereocenters. The number of para-hydroxylation sites is 5. The molecule has 0 bridgehead atoms. The molecule has 1 unspecified atom stereocenters. The molecule has 0 aliphatic heterocycles. The van der Waals surface area contributed by atoms with Crippen LogP contribution in [0.25, 0.3) is 110 Å². The van der Waals surface area contributed by atoms with Gasteiger partial charge in [-0.3, -0.25) is 0 Å². The number of pyridine rings is 3. The molecule has 21 rings (SSSR count). The van der Waals surface area contributed by atoms with E-state index in [1.807, 2.05) is 206 Å². The average molecular weight is 2430 g/mol. The summed E-state index contributed by atoms with van der Waals surface area (Å²) in [6, 6.07) is 159. The molecule has 12 nitrogen and oxygen atoms in total. The van der Waals surface area contributed by atoms with Gasteiger partial charge in [-0.1, -0.05) is 304 Å². The molecule has 0 N–H and O–H groups in total. The molecule has 2 aliphatic carbocycles. The molecule has 0 fully saturated rings. The molecule has 0 spiro atoms. The van der Waals surface area contributed by atoms with Gasteiger partial charge in [-0.25, -0.2) is 0 Å². The number of anilines is 6. The summed E-state index contributed by atoms with van der Waals surface area (Å²) in [4.78, 5) is 22.8. The summed E-state index contributed by atoms with van der Waals surface area (Å²) in [5, 5.41) is 9.97. The Hall–Kier alpha value is -11.5. The van der Waals surface area contributed by atoms with E-state index >= 15 is 0 Å². The van der Waals surface area contributed by atoms with Crippen molar-refractivity contribution in [2.45, 2.75) is 72.0 Å². The Morgan fingerprint density at radius 3 is 1.16 bits per heavy atom. The van der Waals surface area contributed by atoms with Crippen molar-refractivity contribution < 1.29 is 135 Å². The minimum absolute atomic E-state index is 0. The van der Waals surface area contributed by atoms with E-state index in [0.717, 1.165) is 91.9 Å². The summed E-state index contributed by atoms with van der Waals surface area (Å²) in [7, 11) is 4.38. The van der Waals surface area contributed by atoms with Crippen molar-refractivity contribution in [3.8, 4) is 56.0 Å². The van der Waals surface area contributed by atoms with Gasteiger partial charge in [0.15, 0.2) is 0 Å². The Balaban J connectivity index is 0.000000204. The van der Waals surface area contributed by atoms with Gasteiger partial charge in [-0.15, -0.1) is 108 Å². The molecule has 4 aromatic heterocycles. The van der Waals surface area contributed by atoms with Crippen LogP contribution in [0.15, 0.2) is 478 Å². The molecule has 2 aliphatic rings. The summed E-state index contributed by atoms with van der Waals surface area (Å²) in [6.07, 6.45) is 12.0. The number of nitrogens with zero attached hydrogens (tertiary/aromatic N) is 12. The van der Waals surface area contributed by atoms with Crippen molar-refractivity contribution in [2.75, 3.05) is 9.80 Å². The van der Waals surface area contributed by atoms with Crippen LogP contribution in [0.1, 0.15) is 86.0 Å². The fraction of sp³-hybridized carbons (Fsp3) is 0.0917. The maximum absolute atomic E-state index is 8.56. The van der Waals surface area contributed by atoms with Crippen molar-refractivity contribution >= 4 is 93.6 Å². The van der Waals surface area contributed by atoms with Gasteiger partial charge in [0, 0.05) is 155 Å². The third-order valence-corrected chi connectivity index (χ3v) is 22.5. The fourth-order valence-corrected chi connectivity index (χ4v) is 16.0. The number of benzene rings is 15. The van der Waals surface area contributed by atoms with Crippen LogP contribution < -0.4 is 61.2 Å². The Kier molecular flexibility index (Phi) is 48.0. The minimum Gasteiger partial charge on any atom is -0.577 e. The van der Waals surface area contributed by atoms with E-state index in [9.17, 15) is 0 Å². The zero-order chi connectivity index (χ0) is 93.6. The van der Waals surface area contributed by atoms with Crippen LogP contribution in [0, 0.1) is 18.2 Å². The van der Waals surface area contributed by atoms with E-state index in [0.29, 0.717) is 19.1 Å². The van der Waals surface area contributed by atoms with Gasteiger partial charge in [-0.05, 0) is 236 Å². The molecule has 5 radical (unpaired) electrons. The summed E-state index contributed by atoms with van der Waals surface area (Å²) >= 11 is 0. The molecule has 19 aromatic rings. The maximum Gasteiger partial charge on any atom is 3.00 e. The zero-order valence-electron chi connectivity index (χ0n) is 80.1. The second-order valence-electron chi connectivity index (χ2n) is 32.7. The molecule has 20 heteroatoms. The van der Waals surface area contributed by atoms with Crippen molar-refractivity contribution in [3.63, 3.8) is 0 Å². The van der Waals surface area contributed by atoms with Gasteiger partial charge in [-0.2, -0.15) is 9.06 Å². The smallest absolute Gasteiger partial charge is 0.577 e. The molecule has 15 aromatic carbocycles. The van der Waals surface area contributed by atoms with Gasteiger partial charge in [0.25, 0.3) is 0 Å². The van der Waals surface area contributed by atoms with Crippen LogP contribution in [0.2, 0.25) is 0 Å². The molecular formula is C120H105BIrKN12P2Ta2V. The van der Waals surface area contributed by atoms with E-state index in [4.69, 9.17) is 12.3 Å². The fourth-order valence-electron chi connectivity index (χ4n) is 16.0. The van der Waals surface area contributed by atoms with Crippen LogP contribution in [-0.2, 0) is 108 Å². The number of rotatable bonds is 17. The number of azide groups is 2. The van der Waals surface area contributed by atoms with E-state index in [1.165, 1.54) is 83.0 Å². The molecular weight excluding hydrogens is 2330 g/mol. The van der Waals surface area contributed by atoms with Gasteiger partial charge >= 0.3 is 71.5 Å². The average Bonchev–Trinajstić information content (AvgIpc) is 1.61. The predicted molar refractivity (Wildman–Crippen MR) is 574 cm³/mol. The molecule has 683 valence electrons. The molecule has 4 heterocycles. The summed E-state index contributed by atoms with van der Waals surface area (Å²) in [5.74, 6) is 0. The second-order valence-corrected chi connectivity index (χ2v) is 32.7. The third kappa shape index (κ3) is 32.0. The second kappa shape index (κ2) is 60.0. The number of aromatic nitrogens is 4. The van der Waals surface area contributed by atoms with Gasteiger partial charge in [0.2, 0.25) is 0 Å². The van der Waals surface area contributed by atoms with Crippen LogP contribution >= 0.6 is 19.0 Å². The Labute approximate surface area is 932 Å². The maximum atomic E-state index is 8.56. The first kappa shape index (κ1) is 112. The Bertz CT molecular complexity index is 6700. The summed E-state index contributed by atoms with van der Waals surface area (Å²) < 4.78 is 8.42. The van der Waals surface area contributed by atoms with Gasteiger partial charge < -0.3 is 39.2 Å². The van der Waals surface area contributed by atoms with Gasteiger partial charge in [0.1, 0.15) is 0 Å². The minimum atomic E-state index is -0.167. The van der Waals surface area contributed by atoms with Crippen molar-refractivity contribution in [1.82, 2.24) is 19.5 Å².